The minimum absolute atomic E-state index is 0.0515. The molecule has 3 rings (SSSR count). The van der Waals surface area contributed by atoms with Gasteiger partial charge in [0.2, 0.25) is 0 Å². The normalized spacial score (nSPS) is 11.9. The van der Waals surface area contributed by atoms with E-state index in [1.54, 1.807) is 23.1 Å². The molecule has 0 aliphatic rings. The van der Waals surface area contributed by atoms with Gasteiger partial charge in [0.15, 0.2) is 0 Å². The van der Waals surface area contributed by atoms with Gasteiger partial charge in [-0.3, -0.25) is 4.79 Å². The molecule has 2 aromatic carbocycles. The standard InChI is InChI=1S/C17H15BrN4O2/c1-11(21-17(24)15-8-13(18)4-7-16(15)23)12-2-5-14(6-3-12)22-10-19-9-20-22/h2-11,23H,1H3,(H,21,24). The van der Waals surface area contributed by atoms with Crippen molar-refractivity contribution in [2.24, 2.45) is 0 Å². The minimum Gasteiger partial charge on any atom is -0.507 e. The van der Waals surface area contributed by atoms with E-state index in [0.29, 0.717) is 0 Å². The van der Waals surface area contributed by atoms with E-state index >= 15 is 0 Å². The zero-order valence-corrected chi connectivity index (χ0v) is 14.4. The van der Waals surface area contributed by atoms with E-state index in [9.17, 15) is 9.90 Å². The molecule has 0 spiro atoms. The van der Waals surface area contributed by atoms with Crippen molar-refractivity contribution in [1.29, 1.82) is 0 Å². The number of nitrogens with zero attached hydrogens (tertiary/aromatic N) is 3. The van der Waals surface area contributed by atoms with Crippen molar-refractivity contribution >= 4 is 21.8 Å². The number of nitrogens with one attached hydrogen (secondary N) is 1. The molecule has 1 atom stereocenters. The first-order valence-corrected chi connectivity index (χ1v) is 8.08. The highest BCUT2D eigenvalue weighted by Crippen LogP contribution is 2.23. The Morgan fingerprint density at radius 1 is 1.25 bits per heavy atom. The summed E-state index contributed by atoms with van der Waals surface area (Å²) in [5.74, 6) is -0.383. The maximum Gasteiger partial charge on any atom is 0.255 e. The number of hydrogen-bond acceptors (Lipinski definition) is 4. The molecule has 7 heteroatoms. The van der Waals surface area contributed by atoms with Crippen molar-refractivity contribution in [2.45, 2.75) is 13.0 Å². The SMILES string of the molecule is CC(NC(=O)c1cc(Br)ccc1O)c1ccc(-n2cncn2)cc1. The van der Waals surface area contributed by atoms with E-state index in [0.717, 1.165) is 15.7 Å². The maximum absolute atomic E-state index is 12.3. The van der Waals surface area contributed by atoms with Crippen LogP contribution >= 0.6 is 15.9 Å². The molecule has 24 heavy (non-hydrogen) atoms. The number of phenolic OH excluding ortho intramolecular Hbond substituents is 1. The number of aromatic hydroxyl groups is 1. The van der Waals surface area contributed by atoms with Crippen LogP contribution in [0, 0.1) is 0 Å². The first kappa shape index (κ1) is 16.2. The summed E-state index contributed by atoms with van der Waals surface area (Å²) in [6, 6.07) is 12.2. The molecule has 0 radical (unpaired) electrons. The third-order valence-corrected chi connectivity index (χ3v) is 4.12. The molecule has 2 N–H and O–H groups in total. The van der Waals surface area contributed by atoms with Crippen LogP contribution in [0.15, 0.2) is 59.6 Å². The van der Waals surface area contributed by atoms with E-state index < -0.39 is 0 Å². The van der Waals surface area contributed by atoms with E-state index in [1.165, 1.54) is 12.4 Å². The second-order valence-corrected chi connectivity index (χ2v) is 6.20. The van der Waals surface area contributed by atoms with Crippen LogP contribution < -0.4 is 5.32 Å². The van der Waals surface area contributed by atoms with Crippen molar-refractivity contribution in [3.05, 3.63) is 70.7 Å². The van der Waals surface area contributed by atoms with E-state index in [4.69, 9.17) is 0 Å². The zero-order chi connectivity index (χ0) is 17.1. The summed E-state index contributed by atoms with van der Waals surface area (Å²) in [5.41, 5.74) is 2.07. The molecule has 1 aromatic heterocycles. The molecule has 0 bridgehead atoms. The average molecular weight is 387 g/mol. The molecular formula is C17H15BrN4O2. The first-order chi connectivity index (χ1) is 11.5. The zero-order valence-electron chi connectivity index (χ0n) is 12.8. The lowest BCUT2D eigenvalue weighted by atomic mass is 10.1. The predicted octanol–water partition coefficient (Wildman–Crippen LogP) is 3.23. The second-order valence-electron chi connectivity index (χ2n) is 5.29. The number of halogens is 1. The van der Waals surface area contributed by atoms with Gasteiger partial charge in [0, 0.05) is 4.47 Å². The third-order valence-electron chi connectivity index (χ3n) is 3.63. The number of carbonyl (C=O) groups excluding carboxylic acids is 1. The summed E-state index contributed by atoms with van der Waals surface area (Å²) in [6.07, 6.45) is 3.09. The molecule has 122 valence electrons. The van der Waals surface area contributed by atoms with Gasteiger partial charge in [-0.05, 0) is 42.8 Å². The smallest absolute Gasteiger partial charge is 0.255 e. The maximum atomic E-state index is 12.3. The fraction of sp³-hybridized carbons (Fsp3) is 0.118. The Hall–Kier alpha value is -2.67. The van der Waals surface area contributed by atoms with Crippen molar-refractivity contribution in [2.75, 3.05) is 0 Å². The molecule has 1 amide bonds. The third kappa shape index (κ3) is 3.46. The fourth-order valence-corrected chi connectivity index (χ4v) is 2.67. The molecule has 0 fully saturated rings. The van der Waals surface area contributed by atoms with Gasteiger partial charge in [-0.1, -0.05) is 28.1 Å². The van der Waals surface area contributed by atoms with Gasteiger partial charge in [0.05, 0.1) is 17.3 Å². The van der Waals surface area contributed by atoms with Crippen LogP contribution in [0.1, 0.15) is 28.9 Å². The highest BCUT2D eigenvalue weighted by molar-refractivity contribution is 9.10. The highest BCUT2D eigenvalue weighted by atomic mass is 79.9. The Balaban J connectivity index is 1.73. The van der Waals surface area contributed by atoms with Crippen LogP contribution in [0.5, 0.6) is 5.75 Å². The summed E-state index contributed by atoms with van der Waals surface area (Å²) < 4.78 is 2.39. The lowest BCUT2D eigenvalue weighted by Crippen LogP contribution is -2.26. The van der Waals surface area contributed by atoms with Crippen molar-refractivity contribution < 1.29 is 9.90 Å². The van der Waals surface area contributed by atoms with Crippen LogP contribution in [0.25, 0.3) is 5.69 Å². The Morgan fingerprint density at radius 2 is 2.00 bits per heavy atom. The van der Waals surface area contributed by atoms with Crippen LogP contribution in [0.4, 0.5) is 0 Å². The van der Waals surface area contributed by atoms with Gasteiger partial charge < -0.3 is 10.4 Å². The van der Waals surface area contributed by atoms with Crippen molar-refractivity contribution in [1.82, 2.24) is 20.1 Å². The van der Waals surface area contributed by atoms with Gasteiger partial charge in [0.25, 0.3) is 5.91 Å². The molecule has 0 aliphatic heterocycles. The van der Waals surface area contributed by atoms with Crippen LogP contribution in [0.3, 0.4) is 0 Å². The van der Waals surface area contributed by atoms with E-state index in [-0.39, 0.29) is 23.3 Å². The van der Waals surface area contributed by atoms with Gasteiger partial charge >= 0.3 is 0 Å². The number of aromatic nitrogens is 3. The van der Waals surface area contributed by atoms with Gasteiger partial charge in [-0.2, -0.15) is 5.10 Å². The van der Waals surface area contributed by atoms with Crippen LogP contribution in [-0.4, -0.2) is 25.8 Å². The van der Waals surface area contributed by atoms with Gasteiger partial charge in [-0.25, -0.2) is 9.67 Å². The topological polar surface area (TPSA) is 80.0 Å². The lowest BCUT2D eigenvalue weighted by molar-refractivity contribution is 0.0937. The Labute approximate surface area is 147 Å². The Kier molecular flexibility index (Phi) is 4.61. The number of amides is 1. The summed E-state index contributed by atoms with van der Waals surface area (Å²) >= 11 is 3.30. The number of rotatable bonds is 4. The van der Waals surface area contributed by atoms with Gasteiger partial charge in [-0.15, -0.1) is 0 Å². The highest BCUT2D eigenvalue weighted by Gasteiger charge is 2.15. The van der Waals surface area contributed by atoms with E-state index in [1.807, 2.05) is 31.2 Å². The molecule has 0 saturated carbocycles. The molecular weight excluding hydrogens is 372 g/mol. The summed E-state index contributed by atoms with van der Waals surface area (Å²) in [6.45, 7) is 1.89. The van der Waals surface area contributed by atoms with Crippen molar-refractivity contribution in [3.63, 3.8) is 0 Å². The Morgan fingerprint density at radius 3 is 2.67 bits per heavy atom. The predicted molar refractivity (Wildman–Crippen MR) is 93.0 cm³/mol. The molecule has 0 aliphatic carbocycles. The lowest BCUT2D eigenvalue weighted by Gasteiger charge is -2.15. The minimum atomic E-state index is -0.332. The van der Waals surface area contributed by atoms with Crippen LogP contribution in [-0.2, 0) is 0 Å². The van der Waals surface area contributed by atoms with E-state index in [2.05, 4.69) is 31.3 Å². The monoisotopic (exact) mass is 386 g/mol. The molecule has 0 saturated heterocycles. The number of benzene rings is 2. The summed E-state index contributed by atoms with van der Waals surface area (Å²) in [5, 5.41) is 16.8. The quantitative estimate of drug-likeness (QED) is 0.721. The summed E-state index contributed by atoms with van der Waals surface area (Å²) in [4.78, 5) is 16.3. The number of carbonyl (C=O) groups is 1. The molecule has 6 nitrogen and oxygen atoms in total. The molecule has 1 unspecified atom stereocenters. The number of phenols is 1. The first-order valence-electron chi connectivity index (χ1n) is 7.29. The second kappa shape index (κ2) is 6.84. The van der Waals surface area contributed by atoms with Crippen LogP contribution in [0.2, 0.25) is 0 Å². The molecule has 1 heterocycles. The fourth-order valence-electron chi connectivity index (χ4n) is 2.31. The summed E-state index contributed by atoms with van der Waals surface area (Å²) in [7, 11) is 0. The Bertz CT molecular complexity index is 848. The number of hydrogen-bond donors (Lipinski definition) is 2. The molecule has 3 aromatic rings. The average Bonchev–Trinajstić information content (AvgIpc) is 3.11. The largest absolute Gasteiger partial charge is 0.507 e. The van der Waals surface area contributed by atoms with Crippen molar-refractivity contribution in [3.8, 4) is 11.4 Å². The van der Waals surface area contributed by atoms with Gasteiger partial charge in [0.1, 0.15) is 18.4 Å².